The molecule has 128 valence electrons. The van der Waals surface area contributed by atoms with Gasteiger partial charge < -0.3 is 20.2 Å². The SMILES string of the molecule is COc1ccc2oc(C(C)NC(=O)CCC(C)N)c(C)c2c1.Cl. The van der Waals surface area contributed by atoms with Crippen molar-refractivity contribution in [2.24, 2.45) is 5.73 Å². The molecule has 1 heterocycles. The van der Waals surface area contributed by atoms with Crippen LogP contribution in [0.2, 0.25) is 0 Å². The molecule has 5 nitrogen and oxygen atoms in total. The summed E-state index contributed by atoms with van der Waals surface area (Å²) in [6.07, 6.45) is 1.10. The summed E-state index contributed by atoms with van der Waals surface area (Å²) in [5, 5.41) is 3.97. The molecule has 1 aromatic heterocycles. The van der Waals surface area contributed by atoms with Crippen molar-refractivity contribution in [3.05, 3.63) is 29.5 Å². The lowest BCUT2D eigenvalue weighted by Crippen LogP contribution is -2.28. The summed E-state index contributed by atoms with van der Waals surface area (Å²) in [4.78, 5) is 11.9. The zero-order valence-corrected chi connectivity index (χ0v) is 14.8. The molecule has 1 amide bonds. The van der Waals surface area contributed by atoms with Gasteiger partial charge in [-0.15, -0.1) is 12.4 Å². The summed E-state index contributed by atoms with van der Waals surface area (Å²) in [5.74, 6) is 1.55. The third-order valence-electron chi connectivity index (χ3n) is 3.78. The Kier molecular flexibility index (Phi) is 6.91. The lowest BCUT2D eigenvalue weighted by atomic mass is 10.1. The van der Waals surface area contributed by atoms with Gasteiger partial charge in [0.05, 0.1) is 13.2 Å². The van der Waals surface area contributed by atoms with Crippen LogP contribution < -0.4 is 15.8 Å². The third-order valence-corrected chi connectivity index (χ3v) is 3.78. The third kappa shape index (κ3) is 4.62. The van der Waals surface area contributed by atoms with Crippen molar-refractivity contribution < 1.29 is 13.9 Å². The van der Waals surface area contributed by atoms with Crippen LogP contribution in [0, 0.1) is 6.92 Å². The molecule has 6 heteroatoms. The summed E-state index contributed by atoms with van der Waals surface area (Å²) >= 11 is 0. The molecule has 0 fully saturated rings. The Hall–Kier alpha value is -1.72. The van der Waals surface area contributed by atoms with E-state index in [0.717, 1.165) is 28.0 Å². The van der Waals surface area contributed by atoms with Crippen molar-refractivity contribution in [2.45, 2.75) is 45.7 Å². The largest absolute Gasteiger partial charge is 0.497 e. The highest BCUT2D eigenvalue weighted by Crippen LogP contribution is 2.31. The Bertz CT molecular complexity index is 667. The van der Waals surface area contributed by atoms with E-state index in [2.05, 4.69) is 5.32 Å². The van der Waals surface area contributed by atoms with Gasteiger partial charge in [0.1, 0.15) is 17.1 Å². The minimum atomic E-state index is -0.182. The van der Waals surface area contributed by atoms with Gasteiger partial charge in [0.2, 0.25) is 5.91 Å². The Balaban J connectivity index is 0.00000264. The van der Waals surface area contributed by atoms with Crippen LogP contribution >= 0.6 is 12.4 Å². The molecule has 2 unspecified atom stereocenters. The highest BCUT2D eigenvalue weighted by Gasteiger charge is 2.18. The Labute approximate surface area is 143 Å². The van der Waals surface area contributed by atoms with E-state index in [0.29, 0.717) is 12.8 Å². The number of rotatable bonds is 6. The van der Waals surface area contributed by atoms with Crippen LogP contribution in [-0.4, -0.2) is 19.1 Å². The van der Waals surface area contributed by atoms with Gasteiger partial charge in [-0.3, -0.25) is 4.79 Å². The molecule has 0 spiro atoms. The molecule has 0 aliphatic rings. The van der Waals surface area contributed by atoms with E-state index in [1.54, 1.807) is 7.11 Å². The van der Waals surface area contributed by atoms with E-state index in [1.807, 2.05) is 39.0 Å². The van der Waals surface area contributed by atoms with Crippen molar-refractivity contribution in [2.75, 3.05) is 7.11 Å². The highest BCUT2D eigenvalue weighted by atomic mass is 35.5. The molecule has 0 aliphatic carbocycles. The molecule has 2 aromatic rings. The van der Waals surface area contributed by atoms with Crippen LogP contribution in [0.1, 0.15) is 44.1 Å². The first kappa shape index (κ1) is 19.3. The predicted molar refractivity (Wildman–Crippen MR) is 94.2 cm³/mol. The zero-order valence-electron chi connectivity index (χ0n) is 14.0. The monoisotopic (exact) mass is 340 g/mol. The van der Waals surface area contributed by atoms with Gasteiger partial charge >= 0.3 is 0 Å². The van der Waals surface area contributed by atoms with Crippen molar-refractivity contribution in [3.63, 3.8) is 0 Å². The second kappa shape index (κ2) is 8.22. The van der Waals surface area contributed by atoms with Gasteiger partial charge in [-0.2, -0.15) is 0 Å². The number of aryl methyl sites for hydroxylation is 1. The second-order valence-corrected chi connectivity index (χ2v) is 5.76. The minimum absolute atomic E-state index is 0. The van der Waals surface area contributed by atoms with E-state index in [-0.39, 0.29) is 30.4 Å². The molecule has 2 atom stereocenters. The number of amides is 1. The van der Waals surface area contributed by atoms with Gasteiger partial charge in [0, 0.05) is 23.4 Å². The van der Waals surface area contributed by atoms with Gasteiger partial charge in [-0.25, -0.2) is 0 Å². The van der Waals surface area contributed by atoms with E-state index < -0.39 is 0 Å². The number of carbonyl (C=O) groups excluding carboxylic acids is 1. The number of ether oxygens (including phenoxy) is 1. The van der Waals surface area contributed by atoms with Crippen LogP contribution in [0.15, 0.2) is 22.6 Å². The standard InChI is InChI=1S/C17H24N2O3.ClH/c1-10(18)5-8-16(20)19-12(3)17-11(2)14-9-13(21-4)6-7-15(14)22-17;/h6-7,9-10,12H,5,8,18H2,1-4H3,(H,19,20);1H. The first-order valence-corrected chi connectivity index (χ1v) is 7.54. The van der Waals surface area contributed by atoms with Gasteiger partial charge in [0.15, 0.2) is 0 Å². The molecule has 23 heavy (non-hydrogen) atoms. The summed E-state index contributed by atoms with van der Waals surface area (Å²) < 4.78 is 11.1. The summed E-state index contributed by atoms with van der Waals surface area (Å²) in [7, 11) is 1.64. The molecule has 3 N–H and O–H groups in total. The number of nitrogens with two attached hydrogens (primary N) is 1. The fourth-order valence-electron chi connectivity index (χ4n) is 2.50. The number of furan rings is 1. The van der Waals surface area contributed by atoms with Gasteiger partial charge in [-0.1, -0.05) is 0 Å². The Morgan fingerprint density at radius 3 is 2.70 bits per heavy atom. The number of carbonyl (C=O) groups is 1. The first-order chi connectivity index (χ1) is 10.4. The molecule has 0 aliphatic heterocycles. The molecule has 0 radical (unpaired) electrons. The number of halogens is 1. The van der Waals surface area contributed by atoms with Crippen molar-refractivity contribution in [1.29, 1.82) is 0 Å². The first-order valence-electron chi connectivity index (χ1n) is 7.54. The maximum atomic E-state index is 11.9. The van der Waals surface area contributed by atoms with Crippen LogP contribution in [0.3, 0.4) is 0 Å². The van der Waals surface area contributed by atoms with E-state index in [9.17, 15) is 4.79 Å². The quantitative estimate of drug-likeness (QED) is 0.844. The summed E-state index contributed by atoms with van der Waals surface area (Å²) in [6.45, 7) is 5.81. The molecular formula is C17H25ClN2O3. The van der Waals surface area contributed by atoms with Crippen LogP contribution in [0.4, 0.5) is 0 Å². The average molecular weight is 341 g/mol. The molecule has 2 rings (SSSR count). The topological polar surface area (TPSA) is 77.5 Å². The number of methoxy groups -OCH3 is 1. The molecular weight excluding hydrogens is 316 g/mol. The number of hydrogen-bond donors (Lipinski definition) is 2. The zero-order chi connectivity index (χ0) is 16.3. The normalized spacial score (nSPS) is 13.3. The van der Waals surface area contributed by atoms with Crippen molar-refractivity contribution >= 4 is 29.3 Å². The molecule has 1 aromatic carbocycles. The van der Waals surface area contributed by atoms with Crippen LogP contribution in [-0.2, 0) is 4.79 Å². The fraction of sp³-hybridized carbons (Fsp3) is 0.471. The molecule has 0 bridgehead atoms. The lowest BCUT2D eigenvalue weighted by Gasteiger charge is -2.13. The molecule has 0 saturated carbocycles. The second-order valence-electron chi connectivity index (χ2n) is 5.76. The van der Waals surface area contributed by atoms with Crippen LogP contribution in [0.5, 0.6) is 5.75 Å². The van der Waals surface area contributed by atoms with Crippen molar-refractivity contribution in [1.82, 2.24) is 5.32 Å². The number of nitrogens with one attached hydrogen (secondary N) is 1. The number of hydrogen-bond acceptors (Lipinski definition) is 4. The van der Waals surface area contributed by atoms with Gasteiger partial charge in [-0.05, 0) is 45.4 Å². The Morgan fingerprint density at radius 1 is 1.39 bits per heavy atom. The average Bonchev–Trinajstić information content (AvgIpc) is 2.82. The van der Waals surface area contributed by atoms with Crippen molar-refractivity contribution in [3.8, 4) is 5.75 Å². The summed E-state index contributed by atoms with van der Waals surface area (Å²) in [5.41, 5.74) is 7.49. The maximum absolute atomic E-state index is 11.9. The molecule has 0 saturated heterocycles. The number of benzene rings is 1. The predicted octanol–water partition coefficient (Wildman–Crippen LogP) is 3.48. The van der Waals surface area contributed by atoms with E-state index in [4.69, 9.17) is 14.9 Å². The fourth-order valence-corrected chi connectivity index (χ4v) is 2.50. The maximum Gasteiger partial charge on any atom is 0.220 e. The van der Waals surface area contributed by atoms with E-state index in [1.165, 1.54) is 0 Å². The van der Waals surface area contributed by atoms with Crippen LogP contribution in [0.25, 0.3) is 11.0 Å². The number of fused-ring (bicyclic) bond motifs is 1. The smallest absolute Gasteiger partial charge is 0.220 e. The van der Waals surface area contributed by atoms with Gasteiger partial charge in [0.25, 0.3) is 0 Å². The Morgan fingerprint density at radius 2 is 2.09 bits per heavy atom. The highest BCUT2D eigenvalue weighted by molar-refractivity contribution is 5.85. The summed E-state index contributed by atoms with van der Waals surface area (Å²) in [6, 6.07) is 5.54. The minimum Gasteiger partial charge on any atom is -0.497 e. The lowest BCUT2D eigenvalue weighted by molar-refractivity contribution is -0.122. The van der Waals surface area contributed by atoms with E-state index >= 15 is 0 Å².